The van der Waals surface area contributed by atoms with Crippen LogP contribution in [-0.4, -0.2) is 12.6 Å². The van der Waals surface area contributed by atoms with Gasteiger partial charge in [0.1, 0.15) is 0 Å². The third-order valence-corrected chi connectivity index (χ3v) is 4.47. The molecule has 0 radical (unpaired) electrons. The topological polar surface area (TPSA) is 74.8 Å². The van der Waals surface area contributed by atoms with Gasteiger partial charge in [0.15, 0.2) is 0 Å². The minimum atomic E-state index is -0.00260. The molecule has 4 heteroatoms. The van der Waals surface area contributed by atoms with Crippen LogP contribution in [0.4, 0.5) is 0 Å². The molecule has 0 bridgehead atoms. The molecule has 0 aliphatic rings. The van der Waals surface area contributed by atoms with Gasteiger partial charge in [0, 0.05) is 17.5 Å². The number of nitrogens with two attached hydrogens (primary N) is 1. The van der Waals surface area contributed by atoms with Crippen LogP contribution in [0.2, 0.25) is 0 Å². The zero-order valence-corrected chi connectivity index (χ0v) is 16.0. The summed E-state index contributed by atoms with van der Waals surface area (Å²) in [7, 11) is 0. The van der Waals surface area contributed by atoms with E-state index >= 15 is 0 Å². The van der Waals surface area contributed by atoms with Crippen molar-refractivity contribution in [3.8, 4) is 0 Å². The highest BCUT2D eigenvalue weighted by atomic mass is 15.1. The lowest BCUT2D eigenvalue weighted by atomic mass is 10.0. The van der Waals surface area contributed by atoms with Crippen molar-refractivity contribution in [1.82, 2.24) is 0 Å². The Labute approximate surface area is 149 Å². The molecule has 0 aromatic carbocycles. The number of azide groups is 1. The molecule has 0 spiro atoms. The van der Waals surface area contributed by atoms with E-state index in [0.717, 1.165) is 12.8 Å². The van der Waals surface area contributed by atoms with E-state index in [-0.39, 0.29) is 6.04 Å². The average Bonchev–Trinajstić information content (AvgIpc) is 2.59. The summed E-state index contributed by atoms with van der Waals surface area (Å²) < 4.78 is 0. The summed E-state index contributed by atoms with van der Waals surface area (Å²) in [6.45, 7) is 2.68. The summed E-state index contributed by atoms with van der Waals surface area (Å²) in [5.41, 5.74) is 14.0. The summed E-state index contributed by atoms with van der Waals surface area (Å²) in [6.07, 6.45) is 24.4. The van der Waals surface area contributed by atoms with E-state index in [0.29, 0.717) is 6.54 Å². The van der Waals surface area contributed by atoms with Crippen molar-refractivity contribution in [3.05, 3.63) is 22.6 Å². The lowest BCUT2D eigenvalue weighted by Gasteiger charge is -2.04. The number of allylic oxidation sites excluding steroid dienone is 2. The van der Waals surface area contributed by atoms with Gasteiger partial charge in [-0.15, -0.1) is 0 Å². The fraction of sp³-hybridized carbons (Fsp3) is 0.900. The monoisotopic (exact) mass is 336 g/mol. The highest BCUT2D eigenvalue weighted by Crippen LogP contribution is 2.12. The van der Waals surface area contributed by atoms with E-state index in [4.69, 9.17) is 11.3 Å². The zero-order valence-electron chi connectivity index (χ0n) is 16.0. The highest BCUT2D eigenvalue weighted by molar-refractivity contribution is 4.83. The van der Waals surface area contributed by atoms with Gasteiger partial charge in [0.2, 0.25) is 0 Å². The predicted molar refractivity (Wildman–Crippen MR) is 106 cm³/mol. The van der Waals surface area contributed by atoms with Gasteiger partial charge in [0.05, 0.1) is 0 Å². The van der Waals surface area contributed by atoms with Gasteiger partial charge in [-0.25, -0.2) is 0 Å². The van der Waals surface area contributed by atoms with Crippen LogP contribution >= 0.6 is 0 Å². The van der Waals surface area contributed by atoms with Crippen molar-refractivity contribution in [1.29, 1.82) is 0 Å². The third-order valence-electron chi connectivity index (χ3n) is 4.47. The normalized spacial score (nSPS) is 12.4. The molecule has 140 valence electrons. The number of hydrogen-bond donors (Lipinski definition) is 1. The number of nitrogens with zero attached hydrogens (tertiary/aromatic N) is 3. The Balaban J connectivity index is 3.16. The first-order valence-corrected chi connectivity index (χ1v) is 10.2. The summed E-state index contributed by atoms with van der Waals surface area (Å²) in [5.74, 6) is 0. The van der Waals surface area contributed by atoms with Crippen LogP contribution in [0.5, 0.6) is 0 Å². The second-order valence-corrected chi connectivity index (χ2v) is 6.90. The maximum absolute atomic E-state index is 8.22. The van der Waals surface area contributed by atoms with Crippen LogP contribution in [0.15, 0.2) is 17.3 Å². The average molecular weight is 337 g/mol. The Bertz CT molecular complexity index is 322. The molecule has 4 nitrogen and oxygen atoms in total. The third kappa shape index (κ3) is 19.1. The number of rotatable bonds is 18. The molecule has 0 aliphatic carbocycles. The molecule has 0 rings (SSSR count). The SMILES string of the molecule is CCCCCCCCCCCCCC/C=C\CC[C@H](N)CN=[N+]=[N-]. The van der Waals surface area contributed by atoms with Crippen LogP contribution in [-0.2, 0) is 0 Å². The van der Waals surface area contributed by atoms with E-state index in [9.17, 15) is 0 Å². The van der Waals surface area contributed by atoms with Crippen LogP contribution in [0, 0.1) is 0 Å². The predicted octanol–water partition coefficient (Wildman–Crippen LogP) is 7.05. The van der Waals surface area contributed by atoms with Crippen molar-refractivity contribution >= 4 is 0 Å². The van der Waals surface area contributed by atoms with Crippen molar-refractivity contribution in [3.63, 3.8) is 0 Å². The number of unbranched alkanes of at least 4 members (excludes halogenated alkanes) is 12. The summed E-state index contributed by atoms with van der Waals surface area (Å²) >= 11 is 0. The molecule has 2 N–H and O–H groups in total. The molecule has 0 saturated heterocycles. The van der Waals surface area contributed by atoms with Gasteiger partial charge in [-0.3, -0.25) is 0 Å². The quantitative estimate of drug-likeness (QED) is 0.0940. The highest BCUT2D eigenvalue weighted by Gasteiger charge is 1.97. The van der Waals surface area contributed by atoms with E-state index in [1.165, 1.54) is 83.5 Å². The Morgan fingerprint density at radius 1 is 0.833 bits per heavy atom. The number of hydrogen-bond acceptors (Lipinski definition) is 2. The molecular formula is C20H40N4. The standard InChI is InChI=1S/C20H40N4/c1-2-3-4-5-6-7-8-9-10-11-12-13-14-15-16-17-18-20(21)19-23-24-22/h15-16,20H,2-14,17-19,21H2,1H3/b16-15-/t20-/m0/s1. The largest absolute Gasteiger partial charge is 0.328 e. The fourth-order valence-corrected chi connectivity index (χ4v) is 2.88. The molecule has 0 aliphatic heterocycles. The van der Waals surface area contributed by atoms with Crippen molar-refractivity contribution in [2.75, 3.05) is 6.54 Å². The Morgan fingerprint density at radius 3 is 1.88 bits per heavy atom. The zero-order chi connectivity index (χ0) is 17.7. The van der Waals surface area contributed by atoms with Crippen molar-refractivity contribution in [2.24, 2.45) is 10.8 Å². The molecule has 0 saturated carbocycles. The van der Waals surface area contributed by atoms with Crippen LogP contribution in [0.1, 0.15) is 103 Å². The first-order valence-electron chi connectivity index (χ1n) is 10.2. The maximum atomic E-state index is 8.22. The molecule has 24 heavy (non-hydrogen) atoms. The molecule has 0 aromatic rings. The van der Waals surface area contributed by atoms with E-state index in [1.54, 1.807) is 0 Å². The second-order valence-electron chi connectivity index (χ2n) is 6.90. The van der Waals surface area contributed by atoms with Gasteiger partial charge in [-0.1, -0.05) is 94.8 Å². The van der Waals surface area contributed by atoms with E-state index < -0.39 is 0 Å². The maximum Gasteiger partial charge on any atom is 0.0409 e. The molecule has 0 amide bonds. The Kier molecular flexibility index (Phi) is 19.2. The first-order chi connectivity index (χ1) is 11.8. The van der Waals surface area contributed by atoms with Gasteiger partial charge in [0.25, 0.3) is 0 Å². The summed E-state index contributed by atoms with van der Waals surface area (Å²) in [5, 5.41) is 3.50. The van der Waals surface area contributed by atoms with E-state index in [1.807, 2.05) is 0 Å². The van der Waals surface area contributed by atoms with Gasteiger partial charge in [-0.05, 0) is 31.2 Å². The van der Waals surface area contributed by atoms with Crippen LogP contribution in [0.25, 0.3) is 10.4 Å². The summed E-state index contributed by atoms with van der Waals surface area (Å²) in [4.78, 5) is 2.73. The summed E-state index contributed by atoms with van der Waals surface area (Å²) in [6, 6.07) is -0.00260. The van der Waals surface area contributed by atoms with E-state index in [2.05, 4.69) is 29.1 Å². The second kappa shape index (κ2) is 20.1. The molecule has 1 atom stereocenters. The van der Waals surface area contributed by atoms with Gasteiger partial charge in [-0.2, -0.15) is 0 Å². The minimum absolute atomic E-state index is 0.00260. The molecule has 0 unspecified atom stereocenters. The molecule has 0 heterocycles. The minimum Gasteiger partial charge on any atom is -0.328 e. The Hall–Kier alpha value is -0.990. The Morgan fingerprint density at radius 2 is 1.33 bits per heavy atom. The lowest BCUT2D eigenvalue weighted by Crippen LogP contribution is -2.22. The van der Waals surface area contributed by atoms with Gasteiger partial charge < -0.3 is 5.73 Å². The molecule has 0 fully saturated rings. The molecule has 0 aromatic heterocycles. The van der Waals surface area contributed by atoms with Crippen molar-refractivity contribution in [2.45, 2.75) is 109 Å². The van der Waals surface area contributed by atoms with Gasteiger partial charge >= 0.3 is 0 Å². The van der Waals surface area contributed by atoms with Crippen LogP contribution < -0.4 is 5.73 Å². The first kappa shape index (κ1) is 23.0. The van der Waals surface area contributed by atoms with Crippen molar-refractivity contribution < 1.29 is 0 Å². The smallest absolute Gasteiger partial charge is 0.0409 e. The fourth-order valence-electron chi connectivity index (χ4n) is 2.88. The molecular weight excluding hydrogens is 296 g/mol. The van der Waals surface area contributed by atoms with Crippen LogP contribution in [0.3, 0.4) is 0 Å². The lowest BCUT2D eigenvalue weighted by molar-refractivity contribution is 0.545.